The molecule has 2 fully saturated rings. The Kier molecular flexibility index (Phi) is 8.00. The molecule has 4 rings (SSSR count). The van der Waals surface area contributed by atoms with Gasteiger partial charge in [-0.05, 0) is 55.4 Å². The summed E-state index contributed by atoms with van der Waals surface area (Å²) in [5.74, 6) is -0.600. The van der Waals surface area contributed by atoms with E-state index in [1.165, 1.54) is 6.08 Å². The minimum atomic E-state index is -1.55. The summed E-state index contributed by atoms with van der Waals surface area (Å²) >= 11 is 0. The highest BCUT2D eigenvalue weighted by Crippen LogP contribution is 2.60. The maximum atomic E-state index is 11.5. The van der Waals surface area contributed by atoms with Crippen molar-refractivity contribution in [1.29, 1.82) is 0 Å². The van der Waals surface area contributed by atoms with Crippen LogP contribution in [0.4, 0.5) is 0 Å². The van der Waals surface area contributed by atoms with Gasteiger partial charge in [-0.15, -0.1) is 0 Å². The second-order valence-corrected chi connectivity index (χ2v) is 11.6. The highest BCUT2D eigenvalue weighted by Gasteiger charge is 2.58. The van der Waals surface area contributed by atoms with Crippen molar-refractivity contribution in [3.05, 3.63) is 22.8 Å². The van der Waals surface area contributed by atoms with Gasteiger partial charge in [0, 0.05) is 12.0 Å². The van der Waals surface area contributed by atoms with Crippen LogP contribution < -0.4 is 0 Å². The fraction of sp³-hybridized carbons (Fsp3) is 0.808. The second kappa shape index (κ2) is 10.4. The summed E-state index contributed by atoms with van der Waals surface area (Å²) in [5, 5.41) is 62.3. The maximum Gasteiger partial charge on any atom is 0.331 e. The van der Waals surface area contributed by atoms with Crippen molar-refractivity contribution in [3.8, 4) is 0 Å². The average Bonchev–Trinajstić information content (AvgIpc) is 3.20. The normalized spacial score (nSPS) is 45.4. The van der Waals surface area contributed by atoms with Crippen LogP contribution in [0.2, 0.25) is 0 Å². The molecule has 10 nitrogen and oxygen atoms in total. The fourth-order valence-corrected chi connectivity index (χ4v) is 7.33. The number of cyclic esters (lactones) is 1. The molecule has 4 aliphatic rings. The molecule has 0 aromatic rings. The van der Waals surface area contributed by atoms with E-state index in [1.54, 1.807) is 0 Å². The molecule has 2 aliphatic heterocycles. The van der Waals surface area contributed by atoms with Gasteiger partial charge in [-0.25, -0.2) is 4.79 Å². The van der Waals surface area contributed by atoms with E-state index in [2.05, 4.69) is 6.92 Å². The first-order valence-corrected chi connectivity index (χ1v) is 12.7. The van der Waals surface area contributed by atoms with Crippen LogP contribution in [0, 0.1) is 16.7 Å². The lowest BCUT2D eigenvalue weighted by atomic mass is 9.48. The van der Waals surface area contributed by atoms with Gasteiger partial charge >= 0.3 is 5.97 Å². The van der Waals surface area contributed by atoms with Crippen LogP contribution in [0.1, 0.15) is 52.9 Å². The molecule has 10 heteroatoms. The summed E-state index contributed by atoms with van der Waals surface area (Å²) in [6, 6.07) is 0. The molecule has 10 atom stereocenters. The minimum absolute atomic E-state index is 0.0177. The SMILES string of the molecule is CC1=C(CCC2=CC(=O)OC2)[C@@]2(C)C[C@@H](O)C[C@](C)(CO[C@@H]3O[C@H](CO)[C@@H](O)[C@H](O)[C@H]3O)[C@@H]2[C@@H](O)C1. The van der Waals surface area contributed by atoms with Crippen LogP contribution in [0.25, 0.3) is 0 Å². The zero-order valence-electron chi connectivity index (χ0n) is 21.2. The quantitative estimate of drug-likeness (QED) is 0.201. The molecule has 2 heterocycles. The third-order valence-corrected chi connectivity index (χ3v) is 8.75. The minimum Gasteiger partial charge on any atom is -0.458 e. The van der Waals surface area contributed by atoms with Gasteiger partial charge in [-0.1, -0.05) is 25.0 Å². The Morgan fingerprint density at radius 2 is 1.78 bits per heavy atom. The number of carbonyl (C=O) groups is 1. The number of rotatable bonds is 7. The second-order valence-electron chi connectivity index (χ2n) is 11.6. The molecular weight excluding hydrogens is 472 g/mol. The van der Waals surface area contributed by atoms with Crippen LogP contribution in [-0.2, 0) is 19.0 Å². The molecule has 2 aliphatic carbocycles. The van der Waals surface area contributed by atoms with Gasteiger partial charge in [0.1, 0.15) is 31.0 Å². The summed E-state index contributed by atoms with van der Waals surface area (Å²) in [7, 11) is 0. The van der Waals surface area contributed by atoms with E-state index in [0.29, 0.717) is 38.7 Å². The van der Waals surface area contributed by atoms with Gasteiger partial charge < -0.3 is 44.8 Å². The predicted molar refractivity (Wildman–Crippen MR) is 126 cm³/mol. The van der Waals surface area contributed by atoms with Crippen molar-refractivity contribution in [2.75, 3.05) is 19.8 Å². The molecular formula is C26H40O10. The molecule has 36 heavy (non-hydrogen) atoms. The molecule has 204 valence electrons. The number of ether oxygens (including phenoxy) is 3. The zero-order chi connectivity index (χ0) is 26.4. The average molecular weight is 513 g/mol. The van der Waals surface area contributed by atoms with Crippen LogP contribution in [0.5, 0.6) is 0 Å². The first kappa shape index (κ1) is 27.7. The van der Waals surface area contributed by atoms with Crippen LogP contribution in [-0.4, -0.2) is 99.3 Å². The lowest BCUT2D eigenvalue weighted by Gasteiger charge is -2.59. The van der Waals surface area contributed by atoms with Crippen LogP contribution in [0.15, 0.2) is 22.8 Å². The van der Waals surface area contributed by atoms with E-state index in [0.717, 1.165) is 16.7 Å². The lowest BCUT2D eigenvalue weighted by molar-refractivity contribution is -0.311. The third kappa shape index (κ3) is 5.02. The van der Waals surface area contributed by atoms with Gasteiger partial charge in [0.25, 0.3) is 0 Å². The largest absolute Gasteiger partial charge is 0.458 e. The van der Waals surface area contributed by atoms with Crippen LogP contribution in [0.3, 0.4) is 0 Å². The number of hydrogen-bond acceptors (Lipinski definition) is 10. The number of fused-ring (bicyclic) bond motifs is 1. The number of esters is 1. The Labute approximate surface area is 211 Å². The van der Waals surface area contributed by atoms with Gasteiger partial charge in [0.2, 0.25) is 0 Å². The van der Waals surface area contributed by atoms with Crippen molar-refractivity contribution in [3.63, 3.8) is 0 Å². The predicted octanol–water partition coefficient (Wildman–Crippen LogP) is -0.0691. The molecule has 0 unspecified atom stereocenters. The monoisotopic (exact) mass is 512 g/mol. The van der Waals surface area contributed by atoms with E-state index < -0.39 is 60.4 Å². The van der Waals surface area contributed by atoms with E-state index in [4.69, 9.17) is 14.2 Å². The lowest BCUT2D eigenvalue weighted by Crippen LogP contribution is -2.61. The standard InChI is InChI=1S/C26H40O10/c1-13-6-17(29)23-25(2,12-35-24-22(33)21(32)20(31)18(10-27)36-24)8-15(28)9-26(23,3)16(13)5-4-14-7-19(30)34-11-14/h7,15,17-18,20-24,27-29,31-33H,4-6,8-12H2,1-3H3/t15-,17-,18+,20+,21-,22+,23-,24+,25+,26+/m0/s1. The van der Waals surface area contributed by atoms with Crippen molar-refractivity contribution < 1.29 is 49.6 Å². The Balaban J connectivity index is 1.55. The Hall–Kier alpha value is -1.37. The summed E-state index contributed by atoms with van der Waals surface area (Å²) in [4.78, 5) is 11.5. The molecule has 0 aromatic carbocycles. The highest BCUT2D eigenvalue weighted by atomic mass is 16.7. The van der Waals surface area contributed by atoms with Crippen molar-refractivity contribution in [2.24, 2.45) is 16.7 Å². The van der Waals surface area contributed by atoms with E-state index in [9.17, 15) is 35.4 Å². The van der Waals surface area contributed by atoms with Gasteiger partial charge in [-0.2, -0.15) is 0 Å². The van der Waals surface area contributed by atoms with Crippen LogP contribution >= 0.6 is 0 Å². The van der Waals surface area contributed by atoms with E-state index in [-0.39, 0.29) is 18.5 Å². The Morgan fingerprint density at radius 3 is 2.42 bits per heavy atom. The third-order valence-electron chi connectivity index (χ3n) is 8.75. The fourth-order valence-electron chi connectivity index (χ4n) is 7.33. The van der Waals surface area contributed by atoms with Gasteiger partial charge in [0.05, 0.1) is 25.4 Å². The summed E-state index contributed by atoms with van der Waals surface area (Å²) < 4.78 is 16.5. The zero-order valence-corrected chi connectivity index (χ0v) is 21.2. The molecule has 1 saturated carbocycles. The first-order valence-electron chi connectivity index (χ1n) is 12.7. The molecule has 0 bridgehead atoms. The molecule has 0 spiro atoms. The summed E-state index contributed by atoms with van der Waals surface area (Å²) in [5.41, 5.74) is 1.94. The molecule has 1 saturated heterocycles. The molecule has 6 N–H and O–H groups in total. The van der Waals surface area contributed by atoms with E-state index in [1.807, 2.05) is 13.8 Å². The van der Waals surface area contributed by atoms with Crippen molar-refractivity contribution in [1.82, 2.24) is 0 Å². The first-order chi connectivity index (χ1) is 16.9. The van der Waals surface area contributed by atoms with Crippen molar-refractivity contribution >= 4 is 5.97 Å². The summed E-state index contributed by atoms with van der Waals surface area (Å²) in [6.45, 7) is 5.77. The Bertz CT molecular complexity index is 899. The summed E-state index contributed by atoms with van der Waals surface area (Å²) in [6.07, 6.45) is -4.05. The number of allylic oxidation sites excluding steroid dienone is 1. The number of aliphatic hydroxyl groups excluding tert-OH is 6. The number of hydrogen-bond donors (Lipinski definition) is 6. The smallest absolute Gasteiger partial charge is 0.331 e. The van der Waals surface area contributed by atoms with E-state index >= 15 is 0 Å². The topological polar surface area (TPSA) is 166 Å². The van der Waals surface area contributed by atoms with Gasteiger partial charge in [0.15, 0.2) is 6.29 Å². The Morgan fingerprint density at radius 1 is 1.06 bits per heavy atom. The van der Waals surface area contributed by atoms with Crippen molar-refractivity contribution in [2.45, 2.75) is 95.8 Å². The molecule has 0 amide bonds. The highest BCUT2D eigenvalue weighted by molar-refractivity contribution is 5.85. The molecule has 0 radical (unpaired) electrons. The maximum absolute atomic E-state index is 11.5. The number of aliphatic hydroxyl groups is 6. The molecule has 0 aromatic heterocycles. The number of carbonyl (C=O) groups excluding carboxylic acids is 1. The van der Waals surface area contributed by atoms with Gasteiger partial charge in [-0.3, -0.25) is 0 Å².